The van der Waals surface area contributed by atoms with E-state index >= 15 is 0 Å². The molecule has 1 saturated carbocycles. The molecular formula is C10H14N4O. The molecule has 1 aromatic rings. The summed E-state index contributed by atoms with van der Waals surface area (Å²) in [7, 11) is 0. The van der Waals surface area contributed by atoms with Crippen molar-refractivity contribution in [3.8, 4) is 0 Å². The third-order valence-corrected chi connectivity index (χ3v) is 2.13. The second-order valence-corrected chi connectivity index (χ2v) is 3.78. The zero-order valence-corrected chi connectivity index (χ0v) is 8.66. The Bertz CT molecular complexity index is 345. The van der Waals surface area contributed by atoms with Crippen molar-refractivity contribution in [3.63, 3.8) is 0 Å². The van der Waals surface area contributed by atoms with Crippen molar-refractivity contribution in [2.45, 2.75) is 25.8 Å². The van der Waals surface area contributed by atoms with Crippen LogP contribution in [0.15, 0.2) is 12.4 Å². The summed E-state index contributed by atoms with van der Waals surface area (Å²) in [5.74, 6) is 0.494. The van der Waals surface area contributed by atoms with Crippen LogP contribution in [0.25, 0.3) is 0 Å². The number of aryl methyl sites for hydroxylation is 1. The van der Waals surface area contributed by atoms with E-state index < -0.39 is 0 Å². The van der Waals surface area contributed by atoms with Crippen LogP contribution in [0.4, 0.5) is 5.95 Å². The summed E-state index contributed by atoms with van der Waals surface area (Å²) in [4.78, 5) is 19.4. The molecule has 0 unspecified atom stereocenters. The van der Waals surface area contributed by atoms with Crippen molar-refractivity contribution in [1.82, 2.24) is 15.3 Å². The highest BCUT2D eigenvalue weighted by atomic mass is 16.2. The van der Waals surface area contributed by atoms with Crippen molar-refractivity contribution in [3.05, 3.63) is 18.0 Å². The van der Waals surface area contributed by atoms with E-state index in [-0.39, 0.29) is 12.5 Å². The van der Waals surface area contributed by atoms with Gasteiger partial charge in [0.1, 0.15) is 0 Å². The Hall–Kier alpha value is -1.65. The highest BCUT2D eigenvalue weighted by Gasteiger charge is 2.22. The molecule has 1 aliphatic carbocycles. The first-order chi connectivity index (χ1) is 7.24. The van der Waals surface area contributed by atoms with E-state index in [4.69, 9.17) is 0 Å². The number of nitrogens with one attached hydrogen (secondary N) is 2. The first kappa shape index (κ1) is 9.89. The predicted octanol–water partition coefficient (Wildman–Crippen LogP) is 0.476. The molecule has 5 heteroatoms. The van der Waals surface area contributed by atoms with Gasteiger partial charge in [0, 0.05) is 18.4 Å². The van der Waals surface area contributed by atoms with E-state index in [0.29, 0.717) is 12.0 Å². The highest BCUT2D eigenvalue weighted by molar-refractivity contribution is 5.80. The van der Waals surface area contributed by atoms with Crippen molar-refractivity contribution in [2.24, 2.45) is 0 Å². The first-order valence-corrected chi connectivity index (χ1v) is 5.06. The second kappa shape index (κ2) is 4.25. The molecule has 15 heavy (non-hydrogen) atoms. The largest absolute Gasteiger partial charge is 0.352 e. The lowest BCUT2D eigenvalue weighted by Crippen LogP contribution is -2.31. The summed E-state index contributed by atoms with van der Waals surface area (Å²) in [5, 5.41) is 5.75. The van der Waals surface area contributed by atoms with Gasteiger partial charge in [0.25, 0.3) is 0 Å². The lowest BCUT2D eigenvalue weighted by molar-refractivity contribution is -0.119. The van der Waals surface area contributed by atoms with E-state index in [1.165, 1.54) is 0 Å². The van der Waals surface area contributed by atoms with E-state index in [1.54, 1.807) is 12.4 Å². The monoisotopic (exact) mass is 206 g/mol. The zero-order chi connectivity index (χ0) is 10.7. The average Bonchev–Trinajstić information content (AvgIpc) is 3.01. The number of hydrogen-bond acceptors (Lipinski definition) is 4. The lowest BCUT2D eigenvalue weighted by Gasteiger charge is -2.05. The number of rotatable bonds is 4. The maximum absolute atomic E-state index is 11.3. The standard InChI is InChI=1S/C10H14N4O/c1-7-4-11-10(12-5-7)13-6-9(15)14-8-2-3-8/h4-5,8H,2-3,6H2,1H3,(H,14,15)(H,11,12,13). The van der Waals surface area contributed by atoms with Gasteiger partial charge in [-0.1, -0.05) is 0 Å². The van der Waals surface area contributed by atoms with Gasteiger partial charge in [-0.05, 0) is 25.3 Å². The molecule has 0 spiro atoms. The van der Waals surface area contributed by atoms with Crippen LogP contribution in [0.1, 0.15) is 18.4 Å². The van der Waals surface area contributed by atoms with Gasteiger partial charge >= 0.3 is 0 Å². The third-order valence-electron chi connectivity index (χ3n) is 2.13. The molecule has 0 aliphatic heterocycles. The molecule has 0 aromatic carbocycles. The lowest BCUT2D eigenvalue weighted by atomic mass is 10.4. The van der Waals surface area contributed by atoms with Gasteiger partial charge in [0.15, 0.2) is 0 Å². The Morgan fingerprint density at radius 3 is 2.73 bits per heavy atom. The second-order valence-electron chi connectivity index (χ2n) is 3.78. The zero-order valence-electron chi connectivity index (χ0n) is 8.66. The van der Waals surface area contributed by atoms with Gasteiger partial charge in [0.2, 0.25) is 11.9 Å². The normalized spacial score (nSPS) is 14.7. The number of carbonyl (C=O) groups is 1. The Balaban J connectivity index is 1.76. The van der Waals surface area contributed by atoms with E-state index in [1.807, 2.05) is 6.92 Å². The minimum atomic E-state index is 0.00155. The van der Waals surface area contributed by atoms with E-state index in [9.17, 15) is 4.79 Å². The Kier molecular flexibility index (Phi) is 2.80. The number of hydrogen-bond donors (Lipinski definition) is 2. The molecule has 0 bridgehead atoms. The van der Waals surface area contributed by atoms with Crippen molar-refractivity contribution < 1.29 is 4.79 Å². The van der Waals surface area contributed by atoms with Crippen molar-refractivity contribution in [2.75, 3.05) is 11.9 Å². The van der Waals surface area contributed by atoms with E-state index in [0.717, 1.165) is 18.4 Å². The molecule has 1 heterocycles. The van der Waals surface area contributed by atoms with Gasteiger partial charge in [-0.2, -0.15) is 0 Å². The quantitative estimate of drug-likeness (QED) is 0.751. The topological polar surface area (TPSA) is 66.9 Å². The number of carbonyl (C=O) groups excluding carboxylic acids is 1. The third kappa shape index (κ3) is 3.19. The minimum absolute atomic E-state index is 0.00155. The number of anilines is 1. The summed E-state index contributed by atoms with van der Waals surface area (Å²) in [6.07, 6.45) is 5.64. The molecular weight excluding hydrogens is 192 g/mol. The highest BCUT2D eigenvalue weighted by Crippen LogP contribution is 2.18. The van der Waals surface area contributed by atoms with Crippen molar-refractivity contribution in [1.29, 1.82) is 0 Å². The minimum Gasteiger partial charge on any atom is -0.352 e. The van der Waals surface area contributed by atoms with Crippen LogP contribution in [0, 0.1) is 6.92 Å². The van der Waals surface area contributed by atoms with Crippen LogP contribution in [-0.4, -0.2) is 28.5 Å². The summed E-state index contributed by atoms with van der Waals surface area (Å²) in [5.41, 5.74) is 1.00. The van der Waals surface area contributed by atoms with Gasteiger partial charge in [-0.15, -0.1) is 0 Å². The summed E-state index contributed by atoms with van der Waals surface area (Å²) >= 11 is 0. The maximum Gasteiger partial charge on any atom is 0.239 e. The van der Waals surface area contributed by atoms with Gasteiger partial charge < -0.3 is 10.6 Å². The number of amides is 1. The van der Waals surface area contributed by atoms with Crippen LogP contribution >= 0.6 is 0 Å². The Labute approximate surface area is 88.3 Å². The molecule has 0 radical (unpaired) electrons. The summed E-state index contributed by atoms with van der Waals surface area (Å²) < 4.78 is 0. The molecule has 5 nitrogen and oxygen atoms in total. The Morgan fingerprint density at radius 1 is 1.47 bits per heavy atom. The predicted molar refractivity (Wildman–Crippen MR) is 56.4 cm³/mol. The van der Waals surface area contributed by atoms with Crippen LogP contribution in [0.2, 0.25) is 0 Å². The molecule has 0 atom stereocenters. The summed E-state index contributed by atoms with van der Waals surface area (Å²) in [6, 6.07) is 0.401. The van der Waals surface area contributed by atoms with Crippen LogP contribution in [0.5, 0.6) is 0 Å². The first-order valence-electron chi connectivity index (χ1n) is 5.06. The van der Waals surface area contributed by atoms with Gasteiger partial charge in [-0.3, -0.25) is 4.79 Å². The van der Waals surface area contributed by atoms with Crippen LogP contribution in [-0.2, 0) is 4.79 Å². The molecule has 2 N–H and O–H groups in total. The van der Waals surface area contributed by atoms with E-state index in [2.05, 4.69) is 20.6 Å². The summed E-state index contributed by atoms with van der Waals surface area (Å²) in [6.45, 7) is 2.16. The van der Waals surface area contributed by atoms with Crippen LogP contribution in [0.3, 0.4) is 0 Å². The fourth-order valence-electron chi connectivity index (χ4n) is 1.15. The average molecular weight is 206 g/mol. The molecule has 80 valence electrons. The number of nitrogens with zero attached hydrogens (tertiary/aromatic N) is 2. The molecule has 1 aromatic heterocycles. The molecule has 1 fully saturated rings. The molecule has 2 rings (SSSR count). The number of aromatic nitrogens is 2. The molecule has 1 amide bonds. The van der Waals surface area contributed by atoms with Crippen LogP contribution < -0.4 is 10.6 Å². The fourth-order valence-corrected chi connectivity index (χ4v) is 1.15. The fraction of sp³-hybridized carbons (Fsp3) is 0.500. The van der Waals surface area contributed by atoms with Gasteiger partial charge in [0.05, 0.1) is 6.54 Å². The maximum atomic E-state index is 11.3. The van der Waals surface area contributed by atoms with Crippen molar-refractivity contribution >= 4 is 11.9 Å². The van der Waals surface area contributed by atoms with Gasteiger partial charge in [-0.25, -0.2) is 9.97 Å². The Morgan fingerprint density at radius 2 is 2.13 bits per heavy atom. The molecule has 0 saturated heterocycles. The smallest absolute Gasteiger partial charge is 0.239 e. The molecule has 1 aliphatic rings. The SMILES string of the molecule is Cc1cnc(NCC(=O)NC2CC2)nc1.